The molecule has 0 rings (SSSR count). The van der Waals surface area contributed by atoms with Gasteiger partial charge in [-0.15, -0.1) is 0 Å². The summed E-state index contributed by atoms with van der Waals surface area (Å²) in [4.78, 5) is 11.7. The highest BCUT2D eigenvalue weighted by atomic mass is 19.4. The van der Waals surface area contributed by atoms with E-state index in [2.05, 4.69) is 0 Å². The van der Waals surface area contributed by atoms with Gasteiger partial charge >= 0.3 is 12.1 Å². The summed E-state index contributed by atoms with van der Waals surface area (Å²) in [6.45, 7) is 5.23. The summed E-state index contributed by atoms with van der Waals surface area (Å²) in [5, 5.41) is 0. The number of carbonyl (C=O) groups excluding carboxylic acids is 1. The van der Waals surface area contributed by atoms with Crippen LogP contribution in [0.5, 0.6) is 0 Å². The predicted molar refractivity (Wildman–Crippen MR) is 51.1 cm³/mol. The zero-order chi connectivity index (χ0) is 12.3. The van der Waals surface area contributed by atoms with Gasteiger partial charge in [0.05, 0.1) is 0 Å². The molecule has 0 bridgehead atoms. The topological polar surface area (TPSA) is 46.3 Å². The third kappa shape index (κ3) is 4.51. The summed E-state index contributed by atoms with van der Waals surface area (Å²) in [7, 11) is 0. The van der Waals surface area contributed by atoms with Crippen LogP contribution in [0.4, 0.5) is 13.2 Å². The van der Waals surface area contributed by atoms with Crippen LogP contribution in [-0.4, -0.2) is 36.6 Å². The molecule has 0 saturated heterocycles. The lowest BCUT2D eigenvalue weighted by Gasteiger charge is -2.31. The van der Waals surface area contributed by atoms with E-state index >= 15 is 0 Å². The first kappa shape index (κ1) is 14.2. The molecular weight excluding hydrogens is 209 g/mol. The minimum Gasteiger partial charge on any atom is -0.335 e. The highest BCUT2D eigenvalue weighted by Crippen LogP contribution is 2.22. The SMILES string of the molecule is CCN(CC(C)(C)CN)C(=O)C(F)(F)F. The molecule has 3 nitrogen and oxygen atoms in total. The zero-order valence-corrected chi connectivity index (χ0v) is 9.19. The molecule has 0 aliphatic heterocycles. The third-order valence-corrected chi connectivity index (χ3v) is 2.08. The van der Waals surface area contributed by atoms with Crippen molar-refractivity contribution < 1.29 is 18.0 Å². The van der Waals surface area contributed by atoms with Gasteiger partial charge in [-0.3, -0.25) is 4.79 Å². The molecule has 0 radical (unpaired) electrons. The van der Waals surface area contributed by atoms with E-state index in [1.165, 1.54) is 6.92 Å². The van der Waals surface area contributed by atoms with Gasteiger partial charge in [-0.05, 0) is 18.9 Å². The van der Waals surface area contributed by atoms with E-state index in [-0.39, 0.29) is 19.6 Å². The highest BCUT2D eigenvalue weighted by Gasteiger charge is 2.42. The third-order valence-electron chi connectivity index (χ3n) is 2.08. The molecule has 0 atom stereocenters. The van der Waals surface area contributed by atoms with Crippen molar-refractivity contribution in [2.45, 2.75) is 26.9 Å². The molecule has 0 unspecified atom stereocenters. The number of carbonyl (C=O) groups is 1. The molecule has 0 fully saturated rings. The molecule has 0 aliphatic rings. The second-order valence-electron chi connectivity index (χ2n) is 4.19. The molecule has 1 amide bonds. The van der Waals surface area contributed by atoms with E-state index in [1.54, 1.807) is 13.8 Å². The van der Waals surface area contributed by atoms with Gasteiger partial charge in [-0.25, -0.2) is 0 Å². The second kappa shape index (κ2) is 4.83. The van der Waals surface area contributed by atoms with E-state index in [4.69, 9.17) is 5.73 Å². The molecule has 0 spiro atoms. The number of amides is 1. The molecule has 15 heavy (non-hydrogen) atoms. The minimum atomic E-state index is -4.80. The van der Waals surface area contributed by atoms with Crippen molar-refractivity contribution in [3.05, 3.63) is 0 Å². The van der Waals surface area contributed by atoms with Crippen LogP contribution in [0.1, 0.15) is 20.8 Å². The van der Waals surface area contributed by atoms with Gasteiger partial charge in [-0.2, -0.15) is 13.2 Å². The van der Waals surface area contributed by atoms with Crippen molar-refractivity contribution in [3.8, 4) is 0 Å². The molecule has 90 valence electrons. The molecule has 0 aromatic rings. The van der Waals surface area contributed by atoms with Crippen LogP contribution in [0.15, 0.2) is 0 Å². The molecule has 0 aromatic carbocycles. The van der Waals surface area contributed by atoms with E-state index in [9.17, 15) is 18.0 Å². The molecule has 0 aromatic heterocycles. The summed E-state index contributed by atoms with van der Waals surface area (Å²) in [6, 6.07) is 0. The smallest absolute Gasteiger partial charge is 0.335 e. The maximum atomic E-state index is 12.1. The Kier molecular flexibility index (Phi) is 4.58. The monoisotopic (exact) mass is 226 g/mol. The number of nitrogens with zero attached hydrogens (tertiary/aromatic N) is 1. The largest absolute Gasteiger partial charge is 0.471 e. The van der Waals surface area contributed by atoms with Gasteiger partial charge in [0, 0.05) is 13.1 Å². The van der Waals surface area contributed by atoms with Gasteiger partial charge in [0.15, 0.2) is 0 Å². The Morgan fingerprint density at radius 2 is 1.80 bits per heavy atom. The Balaban J connectivity index is 4.59. The number of hydrogen-bond acceptors (Lipinski definition) is 2. The second-order valence-corrected chi connectivity index (χ2v) is 4.19. The van der Waals surface area contributed by atoms with Gasteiger partial charge in [-0.1, -0.05) is 13.8 Å². The lowest BCUT2D eigenvalue weighted by Crippen LogP contribution is -2.47. The summed E-state index contributed by atoms with van der Waals surface area (Å²) in [6.07, 6.45) is -4.80. The maximum absolute atomic E-state index is 12.1. The van der Waals surface area contributed by atoms with Crippen LogP contribution in [0, 0.1) is 5.41 Å². The van der Waals surface area contributed by atoms with Gasteiger partial charge in [0.1, 0.15) is 0 Å². The van der Waals surface area contributed by atoms with Crippen molar-refractivity contribution in [3.63, 3.8) is 0 Å². The van der Waals surface area contributed by atoms with E-state index in [1.807, 2.05) is 0 Å². The molecule has 6 heteroatoms. The fourth-order valence-electron chi connectivity index (χ4n) is 1.09. The van der Waals surface area contributed by atoms with Crippen LogP contribution in [0.2, 0.25) is 0 Å². The van der Waals surface area contributed by atoms with Gasteiger partial charge in [0.25, 0.3) is 0 Å². The van der Waals surface area contributed by atoms with Crippen LogP contribution < -0.4 is 5.73 Å². The standard InChI is InChI=1S/C9H17F3N2O/c1-4-14(6-8(2,3)5-13)7(15)9(10,11)12/h4-6,13H2,1-3H3. The Morgan fingerprint density at radius 1 is 1.33 bits per heavy atom. The fourth-order valence-corrected chi connectivity index (χ4v) is 1.09. The fraction of sp³-hybridized carbons (Fsp3) is 0.889. The predicted octanol–water partition coefficient (Wildman–Crippen LogP) is 1.38. The number of rotatable bonds is 4. The van der Waals surface area contributed by atoms with Crippen LogP contribution in [0.25, 0.3) is 0 Å². The average Bonchev–Trinajstić information content (AvgIpc) is 2.11. The summed E-state index contributed by atoms with van der Waals surface area (Å²) in [5.74, 6) is -1.80. The molecule has 0 aliphatic carbocycles. The number of hydrogen-bond donors (Lipinski definition) is 1. The first-order valence-electron chi connectivity index (χ1n) is 4.70. The van der Waals surface area contributed by atoms with Crippen molar-refractivity contribution in [2.75, 3.05) is 19.6 Å². The highest BCUT2D eigenvalue weighted by molar-refractivity contribution is 5.81. The van der Waals surface area contributed by atoms with Crippen molar-refractivity contribution in [1.82, 2.24) is 4.90 Å². The van der Waals surface area contributed by atoms with Gasteiger partial charge in [0.2, 0.25) is 0 Å². The first-order chi connectivity index (χ1) is 6.64. The Morgan fingerprint density at radius 3 is 2.07 bits per heavy atom. The Hall–Kier alpha value is -0.780. The number of halogens is 3. The summed E-state index contributed by atoms with van der Waals surface area (Å²) < 4.78 is 36.4. The lowest BCUT2D eigenvalue weighted by atomic mass is 9.93. The quantitative estimate of drug-likeness (QED) is 0.787. The summed E-state index contributed by atoms with van der Waals surface area (Å²) in [5.41, 5.74) is 4.90. The average molecular weight is 226 g/mol. The lowest BCUT2D eigenvalue weighted by molar-refractivity contribution is -0.186. The number of nitrogens with two attached hydrogens (primary N) is 1. The zero-order valence-electron chi connectivity index (χ0n) is 9.19. The minimum absolute atomic E-state index is 0.0122. The van der Waals surface area contributed by atoms with Crippen LogP contribution >= 0.6 is 0 Å². The van der Waals surface area contributed by atoms with E-state index < -0.39 is 17.5 Å². The van der Waals surface area contributed by atoms with Crippen molar-refractivity contribution in [1.29, 1.82) is 0 Å². The molecule has 0 heterocycles. The Bertz CT molecular complexity index is 226. The Labute approximate surface area is 87.4 Å². The van der Waals surface area contributed by atoms with Crippen LogP contribution in [0.3, 0.4) is 0 Å². The van der Waals surface area contributed by atoms with Crippen molar-refractivity contribution >= 4 is 5.91 Å². The van der Waals surface area contributed by atoms with Gasteiger partial charge < -0.3 is 10.6 Å². The molecule has 2 N–H and O–H groups in total. The normalized spacial score (nSPS) is 12.7. The molecule has 0 saturated carbocycles. The van der Waals surface area contributed by atoms with Crippen molar-refractivity contribution in [2.24, 2.45) is 11.1 Å². The summed E-state index contributed by atoms with van der Waals surface area (Å²) >= 11 is 0. The van der Waals surface area contributed by atoms with E-state index in [0.29, 0.717) is 0 Å². The maximum Gasteiger partial charge on any atom is 0.471 e. The van der Waals surface area contributed by atoms with E-state index in [0.717, 1.165) is 4.90 Å². The molecular formula is C9H17F3N2O. The van der Waals surface area contributed by atoms with Crippen LogP contribution in [-0.2, 0) is 4.79 Å². The number of alkyl halides is 3. The first-order valence-corrected chi connectivity index (χ1v) is 4.70.